The van der Waals surface area contributed by atoms with E-state index in [0.717, 1.165) is 24.1 Å². The van der Waals surface area contributed by atoms with Gasteiger partial charge in [0.05, 0.1) is 10.6 Å². The predicted octanol–water partition coefficient (Wildman–Crippen LogP) is 2.99. The number of carbonyl (C=O) groups excluding carboxylic acids is 1. The molecule has 0 aliphatic heterocycles. The standard InChI is InChI=1S/C19H20FN5OS/c20-13-5-2-6-14(10-13)25-18(16-8-3-9-27-16)23-17(24-25)19(26)22-15-7-1-4-12(15)11-21/h2-3,5-6,8-10,12,15H,1,4,7,11,21H2,(H,22,26). The largest absolute Gasteiger partial charge is 0.346 e. The summed E-state index contributed by atoms with van der Waals surface area (Å²) in [6.45, 7) is 0.552. The number of nitrogens with two attached hydrogens (primary N) is 1. The van der Waals surface area contributed by atoms with E-state index in [1.54, 1.807) is 12.1 Å². The second kappa shape index (κ2) is 7.58. The van der Waals surface area contributed by atoms with Crippen LogP contribution in [0.1, 0.15) is 29.9 Å². The molecule has 140 valence electrons. The zero-order valence-electron chi connectivity index (χ0n) is 14.6. The van der Waals surface area contributed by atoms with E-state index in [0.29, 0.717) is 18.1 Å². The van der Waals surface area contributed by atoms with Gasteiger partial charge in [-0.2, -0.15) is 0 Å². The third kappa shape index (κ3) is 3.63. The Bertz CT molecular complexity index is 939. The van der Waals surface area contributed by atoms with Crippen molar-refractivity contribution in [3.05, 3.63) is 53.4 Å². The number of halogens is 1. The molecule has 2 unspecified atom stereocenters. The molecule has 3 N–H and O–H groups in total. The molecular weight excluding hydrogens is 365 g/mol. The van der Waals surface area contributed by atoms with Gasteiger partial charge >= 0.3 is 0 Å². The average molecular weight is 385 g/mol. The smallest absolute Gasteiger partial charge is 0.291 e. The van der Waals surface area contributed by atoms with Gasteiger partial charge in [-0.1, -0.05) is 18.6 Å². The summed E-state index contributed by atoms with van der Waals surface area (Å²) >= 11 is 1.49. The van der Waals surface area contributed by atoms with Crippen LogP contribution in [0.25, 0.3) is 16.4 Å². The van der Waals surface area contributed by atoms with Gasteiger partial charge in [0.15, 0.2) is 5.82 Å². The summed E-state index contributed by atoms with van der Waals surface area (Å²) in [6, 6.07) is 9.92. The summed E-state index contributed by atoms with van der Waals surface area (Å²) in [4.78, 5) is 18.0. The van der Waals surface area contributed by atoms with Crippen molar-refractivity contribution in [2.24, 2.45) is 11.7 Å². The van der Waals surface area contributed by atoms with E-state index in [2.05, 4.69) is 15.4 Å². The van der Waals surface area contributed by atoms with Gasteiger partial charge in [0.1, 0.15) is 5.82 Å². The molecule has 1 saturated carbocycles. The Kier molecular flexibility index (Phi) is 5.00. The molecule has 2 atom stereocenters. The Labute approximate surface area is 160 Å². The van der Waals surface area contributed by atoms with Crippen molar-refractivity contribution in [2.75, 3.05) is 6.54 Å². The van der Waals surface area contributed by atoms with Crippen LogP contribution in [0.3, 0.4) is 0 Å². The van der Waals surface area contributed by atoms with Gasteiger partial charge in [0, 0.05) is 6.04 Å². The van der Waals surface area contributed by atoms with E-state index in [1.165, 1.54) is 28.2 Å². The van der Waals surface area contributed by atoms with E-state index in [-0.39, 0.29) is 29.5 Å². The fraction of sp³-hybridized carbons (Fsp3) is 0.316. The minimum Gasteiger partial charge on any atom is -0.346 e. The van der Waals surface area contributed by atoms with Gasteiger partial charge in [-0.3, -0.25) is 4.79 Å². The Balaban J connectivity index is 1.68. The molecule has 1 aromatic carbocycles. The van der Waals surface area contributed by atoms with Crippen LogP contribution in [0, 0.1) is 11.7 Å². The normalized spacial score (nSPS) is 19.3. The first-order valence-corrected chi connectivity index (χ1v) is 9.81. The number of carbonyl (C=O) groups is 1. The minimum atomic E-state index is -0.372. The van der Waals surface area contributed by atoms with Crippen LogP contribution in [0.5, 0.6) is 0 Å². The first-order chi connectivity index (χ1) is 13.2. The van der Waals surface area contributed by atoms with Gasteiger partial charge in [0.2, 0.25) is 5.82 Å². The molecule has 0 radical (unpaired) electrons. The Morgan fingerprint density at radius 3 is 2.96 bits per heavy atom. The number of hydrogen-bond donors (Lipinski definition) is 2. The summed E-state index contributed by atoms with van der Waals surface area (Å²) in [5.74, 6) is 0.181. The molecule has 1 amide bonds. The molecule has 0 spiro atoms. The zero-order chi connectivity index (χ0) is 18.8. The second-order valence-corrected chi connectivity index (χ2v) is 7.58. The maximum atomic E-state index is 13.7. The zero-order valence-corrected chi connectivity index (χ0v) is 15.5. The van der Waals surface area contributed by atoms with Crippen LogP contribution in [0.2, 0.25) is 0 Å². The topological polar surface area (TPSA) is 85.8 Å². The molecule has 8 heteroatoms. The van der Waals surface area contributed by atoms with Crippen molar-refractivity contribution in [1.82, 2.24) is 20.1 Å². The van der Waals surface area contributed by atoms with Crippen LogP contribution in [-0.2, 0) is 0 Å². The first kappa shape index (κ1) is 17.8. The molecule has 6 nitrogen and oxygen atoms in total. The van der Waals surface area contributed by atoms with Gasteiger partial charge in [-0.05, 0) is 54.9 Å². The maximum absolute atomic E-state index is 13.7. The molecule has 27 heavy (non-hydrogen) atoms. The van der Waals surface area contributed by atoms with Crippen LogP contribution >= 0.6 is 11.3 Å². The lowest BCUT2D eigenvalue weighted by molar-refractivity contribution is 0.0918. The number of thiophene rings is 1. The molecule has 0 bridgehead atoms. The molecule has 2 heterocycles. The van der Waals surface area contributed by atoms with E-state index >= 15 is 0 Å². The third-order valence-electron chi connectivity index (χ3n) is 4.88. The highest BCUT2D eigenvalue weighted by Crippen LogP contribution is 2.27. The summed E-state index contributed by atoms with van der Waals surface area (Å²) < 4.78 is 15.2. The van der Waals surface area contributed by atoms with Crippen molar-refractivity contribution in [3.8, 4) is 16.4 Å². The van der Waals surface area contributed by atoms with Crippen LogP contribution in [0.15, 0.2) is 41.8 Å². The molecule has 3 aromatic rings. The van der Waals surface area contributed by atoms with Gasteiger partial charge in [-0.25, -0.2) is 14.1 Å². The van der Waals surface area contributed by atoms with Crippen LogP contribution in [0.4, 0.5) is 4.39 Å². The maximum Gasteiger partial charge on any atom is 0.291 e. The highest BCUT2D eigenvalue weighted by atomic mass is 32.1. The van der Waals surface area contributed by atoms with Crippen molar-refractivity contribution >= 4 is 17.2 Å². The van der Waals surface area contributed by atoms with E-state index < -0.39 is 0 Å². The van der Waals surface area contributed by atoms with E-state index in [4.69, 9.17) is 5.73 Å². The summed E-state index contributed by atoms with van der Waals surface area (Å²) in [6.07, 6.45) is 2.99. The fourth-order valence-electron chi connectivity index (χ4n) is 3.50. The average Bonchev–Trinajstić information content (AvgIpc) is 3.41. The monoisotopic (exact) mass is 385 g/mol. The number of hydrogen-bond acceptors (Lipinski definition) is 5. The predicted molar refractivity (Wildman–Crippen MR) is 102 cm³/mol. The minimum absolute atomic E-state index is 0.0498. The molecule has 1 aliphatic rings. The number of nitrogens with zero attached hydrogens (tertiary/aromatic N) is 3. The molecule has 1 aliphatic carbocycles. The molecule has 2 aromatic heterocycles. The van der Waals surface area contributed by atoms with Gasteiger partial charge in [-0.15, -0.1) is 16.4 Å². The van der Waals surface area contributed by atoms with Crippen LogP contribution in [-0.4, -0.2) is 33.3 Å². The highest BCUT2D eigenvalue weighted by Gasteiger charge is 2.29. The van der Waals surface area contributed by atoms with Crippen molar-refractivity contribution in [1.29, 1.82) is 0 Å². The summed E-state index contributed by atoms with van der Waals surface area (Å²) in [5.41, 5.74) is 6.32. The quantitative estimate of drug-likeness (QED) is 0.707. The molecule has 4 rings (SSSR count). The number of rotatable bonds is 5. The number of amides is 1. The number of nitrogens with one attached hydrogen (secondary N) is 1. The van der Waals surface area contributed by atoms with Crippen molar-refractivity contribution < 1.29 is 9.18 Å². The highest BCUT2D eigenvalue weighted by molar-refractivity contribution is 7.13. The Hall–Kier alpha value is -2.58. The SMILES string of the molecule is NCC1CCCC1NC(=O)c1nc(-c2cccs2)n(-c2cccc(F)c2)n1. The Morgan fingerprint density at radius 2 is 2.22 bits per heavy atom. The molecule has 1 fully saturated rings. The third-order valence-corrected chi connectivity index (χ3v) is 5.75. The van der Waals surface area contributed by atoms with Crippen molar-refractivity contribution in [2.45, 2.75) is 25.3 Å². The number of benzene rings is 1. The van der Waals surface area contributed by atoms with Gasteiger partial charge < -0.3 is 11.1 Å². The van der Waals surface area contributed by atoms with E-state index in [1.807, 2.05) is 17.5 Å². The lowest BCUT2D eigenvalue weighted by Gasteiger charge is -2.18. The van der Waals surface area contributed by atoms with Gasteiger partial charge in [0.25, 0.3) is 5.91 Å². The molecular formula is C19H20FN5OS. The lowest BCUT2D eigenvalue weighted by Crippen LogP contribution is -2.40. The fourth-order valence-corrected chi connectivity index (χ4v) is 4.20. The summed E-state index contributed by atoms with van der Waals surface area (Å²) in [7, 11) is 0. The number of aromatic nitrogens is 3. The van der Waals surface area contributed by atoms with Crippen LogP contribution < -0.4 is 11.1 Å². The first-order valence-electron chi connectivity index (χ1n) is 8.93. The van der Waals surface area contributed by atoms with E-state index in [9.17, 15) is 9.18 Å². The molecule has 0 saturated heterocycles. The van der Waals surface area contributed by atoms with Crippen molar-refractivity contribution in [3.63, 3.8) is 0 Å². The summed E-state index contributed by atoms with van der Waals surface area (Å²) in [5, 5.41) is 9.31. The Morgan fingerprint density at radius 1 is 1.33 bits per heavy atom. The lowest BCUT2D eigenvalue weighted by atomic mass is 10.0. The second-order valence-electron chi connectivity index (χ2n) is 6.63.